The molecule has 15 heavy (non-hydrogen) atoms. The van der Waals surface area contributed by atoms with Crippen molar-refractivity contribution in [3.63, 3.8) is 0 Å². The van der Waals surface area contributed by atoms with Crippen LogP contribution in [-0.2, 0) is 4.74 Å². The van der Waals surface area contributed by atoms with Crippen LogP contribution in [0.3, 0.4) is 0 Å². The van der Waals surface area contributed by atoms with E-state index in [2.05, 4.69) is 19.2 Å². The van der Waals surface area contributed by atoms with Crippen molar-refractivity contribution >= 4 is 0 Å². The van der Waals surface area contributed by atoms with Crippen LogP contribution in [0.2, 0.25) is 0 Å². The lowest BCUT2D eigenvalue weighted by Gasteiger charge is -2.18. The van der Waals surface area contributed by atoms with E-state index in [1.54, 1.807) is 12.5 Å². The molecule has 1 aliphatic rings. The Balaban J connectivity index is 1.78. The van der Waals surface area contributed by atoms with Gasteiger partial charge in [0.05, 0.1) is 18.6 Å². The molecule has 0 amide bonds. The molecule has 84 valence electrons. The van der Waals surface area contributed by atoms with Crippen molar-refractivity contribution in [2.75, 3.05) is 13.2 Å². The third kappa shape index (κ3) is 2.61. The van der Waals surface area contributed by atoms with Gasteiger partial charge in [0.25, 0.3) is 0 Å². The predicted molar refractivity (Wildman–Crippen MR) is 58.6 cm³/mol. The fourth-order valence-corrected chi connectivity index (χ4v) is 2.01. The van der Waals surface area contributed by atoms with Gasteiger partial charge in [-0.25, -0.2) is 0 Å². The zero-order valence-electron chi connectivity index (χ0n) is 9.40. The van der Waals surface area contributed by atoms with E-state index >= 15 is 0 Å². The van der Waals surface area contributed by atoms with Gasteiger partial charge in [-0.1, -0.05) is 0 Å². The lowest BCUT2D eigenvalue weighted by atomic mass is 10.0. The highest BCUT2D eigenvalue weighted by Gasteiger charge is 2.24. The summed E-state index contributed by atoms with van der Waals surface area (Å²) in [6, 6.07) is 2.36. The summed E-state index contributed by atoms with van der Waals surface area (Å²) in [6.45, 7) is 6.24. The Morgan fingerprint density at radius 3 is 3.07 bits per heavy atom. The fourth-order valence-electron chi connectivity index (χ4n) is 2.01. The monoisotopic (exact) mass is 209 g/mol. The molecule has 1 fully saturated rings. The highest BCUT2D eigenvalue weighted by Crippen LogP contribution is 2.21. The average molecular weight is 209 g/mol. The number of hydrogen-bond acceptors (Lipinski definition) is 3. The molecular weight excluding hydrogens is 190 g/mol. The number of nitrogens with one attached hydrogen (secondary N) is 1. The van der Waals surface area contributed by atoms with Crippen molar-refractivity contribution in [3.8, 4) is 0 Å². The van der Waals surface area contributed by atoms with Crippen LogP contribution >= 0.6 is 0 Å². The molecular formula is C12H19NO2. The first-order valence-corrected chi connectivity index (χ1v) is 5.64. The minimum atomic E-state index is 0.358. The van der Waals surface area contributed by atoms with Crippen LogP contribution < -0.4 is 5.32 Å². The molecule has 1 aromatic heterocycles. The van der Waals surface area contributed by atoms with E-state index in [4.69, 9.17) is 9.15 Å². The van der Waals surface area contributed by atoms with E-state index in [1.807, 2.05) is 6.07 Å². The molecule has 3 heteroatoms. The summed E-state index contributed by atoms with van der Waals surface area (Å²) in [4.78, 5) is 0. The van der Waals surface area contributed by atoms with Crippen molar-refractivity contribution < 1.29 is 9.15 Å². The highest BCUT2D eigenvalue weighted by molar-refractivity contribution is 5.10. The Labute approximate surface area is 90.8 Å². The summed E-state index contributed by atoms with van der Waals surface area (Å²) in [5.41, 5.74) is 1.21. The maximum atomic E-state index is 5.53. The lowest BCUT2D eigenvalue weighted by Crippen LogP contribution is -2.28. The molecule has 0 saturated carbocycles. The van der Waals surface area contributed by atoms with Gasteiger partial charge in [0.2, 0.25) is 0 Å². The first-order valence-electron chi connectivity index (χ1n) is 5.64. The number of hydrogen-bond donors (Lipinski definition) is 1. The van der Waals surface area contributed by atoms with Crippen LogP contribution in [0.5, 0.6) is 0 Å². The molecule has 1 saturated heterocycles. The summed E-state index contributed by atoms with van der Waals surface area (Å²) in [5.74, 6) is 0.652. The van der Waals surface area contributed by atoms with Crippen LogP contribution in [0.1, 0.15) is 31.9 Å². The van der Waals surface area contributed by atoms with Crippen molar-refractivity contribution in [3.05, 3.63) is 24.2 Å². The second-order valence-electron chi connectivity index (χ2n) is 4.31. The van der Waals surface area contributed by atoms with E-state index < -0.39 is 0 Å². The second kappa shape index (κ2) is 4.81. The van der Waals surface area contributed by atoms with Crippen LogP contribution in [-0.4, -0.2) is 19.3 Å². The standard InChI is InChI=1S/C12H19NO2/c1-9(12-3-5-14-8-12)13-7-11-4-6-15-10(11)2/h3,5,8-11,13H,4,6-7H2,1-2H3. The second-order valence-corrected chi connectivity index (χ2v) is 4.31. The molecule has 0 radical (unpaired) electrons. The molecule has 3 atom stereocenters. The summed E-state index contributed by atoms with van der Waals surface area (Å²) < 4.78 is 10.6. The minimum absolute atomic E-state index is 0.358. The molecule has 1 aromatic rings. The molecule has 2 rings (SSSR count). The quantitative estimate of drug-likeness (QED) is 0.826. The molecule has 1 aliphatic heterocycles. The van der Waals surface area contributed by atoms with Gasteiger partial charge in [-0.15, -0.1) is 0 Å². The van der Waals surface area contributed by atoms with Crippen molar-refractivity contribution in [2.24, 2.45) is 5.92 Å². The van der Waals surface area contributed by atoms with Crippen LogP contribution in [0.4, 0.5) is 0 Å². The van der Waals surface area contributed by atoms with E-state index in [9.17, 15) is 0 Å². The zero-order valence-corrected chi connectivity index (χ0v) is 9.40. The molecule has 3 nitrogen and oxygen atoms in total. The third-order valence-corrected chi connectivity index (χ3v) is 3.26. The normalized spacial score (nSPS) is 28.1. The Morgan fingerprint density at radius 1 is 1.60 bits per heavy atom. The van der Waals surface area contributed by atoms with E-state index in [0.717, 1.165) is 13.2 Å². The molecule has 0 aromatic carbocycles. The van der Waals surface area contributed by atoms with Gasteiger partial charge >= 0.3 is 0 Å². The lowest BCUT2D eigenvalue weighted by molar-refractivity contribution is 0.105. The van der Waals surface area contributed by atoms with Gasteiger partial charge in [0.1, 0.15) is 0 Å². The van der Waals surface area contributed by atoms with Gasteiger partial charge < -0.3 is 14.5 Å². The van der Waals surface area contributed by atoms with Gasteiger partial charge in [0, 0.05) is 24.8 Å². The number of furan rings is 1. The average Bonchev–Trinajstić information content (AvgIpc) is 2.85. The van der Waals surface area contributed by atoms with E-state index in [-0.39, 0.29) is 0 Å². The minimum Gasteiger partial charge on any atom is -0.472 e. The Hall–Kier alpha value is -0.800. The van der Waals surface area contributed by atoms with Gasteiger partial charge in [-0.2, -0.15) is 0 Å². The highest BCUT2D eigenvalue weighted by atomic mass is 16.5. The molecule has 1 N–H and O–H groups in total. The summed E-state index contributed by atoms with van der Waals surface area (Å²) in [6.07, 6.45) is 5.09. The predicted octanol–water partition coefficient (Wildman–Crippen LogP) is 2.36. The summed E-state index contributed by atoms with van der Waals surface area (Å²) in [7, 11) is 0. The SMILES string of the molecule is CC(NCC1CCOC1C)c1ccoc1. The van der Waals surface area contributed by atoms with Gasteiger partial charge in [-0.05, 0) is 32.3 Å². The molecule has 0 spiro atoms. The summed E-state index contributed by atoms with van der Waals surface area (Å²) in [5, 5.41) is 3.52. The van der Waals surface area contributed by atoms with Gasteiger partial charge in [-0.3, -0.25) is 0 Å². The zero-order chi connectivity index (χ0) is 10.7. The Bertz CT molecular complexity index is 284. The molecule has 3 unspecified atom stereocenters. The fraction of sp³-hybridized carbons (Fsp3) is 0.667. The Kier molecular flexibility index (Phi) is 3.44. The Morgan fingerprint density at radius 2 is 2.47 bits per heavy atom. The summed E-state index contributed by atoms with van der Waals surface area (Å²) >= 11 is 0. The smallest absolute Gasteiger partial charge is 0.0950 e. The maximum Gasteiger partial charge on any atom is 0.0950 e. The first kappa shape index (κ1) is 10.7. The maximum absolute atomic E-state index is 5.53. The van der Waals surface area contributed by atoms with Crippen LogP contribution in [0, 0.1) is 5.92 Å². The molecule has 0 bridgehead atoms. The number of ether oxygens (including phenoxy) is 1. The topological polar surface area (TPSA) is 34.4 Å². The number of rotatable bonds is 4. The van der Waals surface area contributed by atoms with Gasteiger partial charge in [0.15, 0.2) is 0 Å². The third-order valence-electron chi connectivity index (χ3n) is 3.26. The van der Waals surface area contributed by atoms with Crippen molar-refractivity contribution in [1.29, 1.82) is 0 Å². The van der Waals surface area contributed by atoms with Crippen LogP contribution in [0.25, 0.3) is 0 Å². The largest absolute Gasteiger partial charge is 0.472 e. The van der Waals surface area contributed by atoms with E-state index in [0.29, 0.717) is 18.1 Å². The van der Waals surface area contributed by atoms with E-state index in [1.165, 1.54) is 12.0 Å². The first-order chi connectivity index (χ1) is 7.27. The van der Waals surface area contributed by atoms with Crippen molar-refractivity contribution in [1.82, 2.24) is 5.32 Å². The molecule has 2 heterocycles. The van der Waals surface area contributed by atoms with Crippen molar-refractivity contribution in [2.45, 2.75) is 32.4 Å². The van der Waals surface area contributed by atoms with Crippen LogP contribution in [0.15, 0.2) is 23.0 Å². The molecule has 0 aliphatic carbocycles.